The first kappa shape index (κ1) is 24.2. The molecule has 0 spiro atoms. The third-order valence-corrected chi connectivity index (χ3v) is 4.99. The first-order valence-electron chi connectivity index (χ1n) is 10.3. The van der Waals surface area contributed by atoms with Gasteiger partial charge >= 0.3 is 5.97 Å². The van der Waals surface area contributed by atoms with Crippen molar-refractivity contribution in [1.29, 1.82) is 0 Å². The molecule has 0 fully saturated rings. The summed E-state index contributed by atoms with van der Waals surface area (Å²) in [5, 5.41) is 25.2. The van der Waals surface area contributed by atoms with Crippen LogP contribution < -0.4 is 16.4 Å². The van der Waals surface area contributed by atoms with E-state index in [0.29, 0.717) is 48.1 Å². The number of hydrogen-bond acceptors (Lipinski definition) is 6. The van der Waals surface area contributed by atoms with Gasteiger partial charge in [-0.1, -0.05) is 18.2 Å². The third kappa shape index (κ3) is 6.73. The summed E-state index contributed by atoms with van der Waals surface area (Å²) in [7, 11) is 0. The standard InChI is InChI=1S/C22H30N4O5/c1-13-10-16(12-27)17-7-5-6-15(20(17)24-13)11-19(22(30)31)26-21(29)18(25-14(2)28)8-3-4-9-23/h5-7,10,18-19,27H,3-4,8-9,11-12,23H2,1-2H3,(H,25,28)(H,26,29)(H,30,31)/t18-,19-/m0/s1. The largest absolute Gasteiger partial charge is 0.480 e. The number of aromatic nitrogens is 1. The van der Waals surface area contributed by atoms with Crippen molar-refractivity contribution in [2.45, 2.75) is 58.2 Å². The Balaban J connectivity index is 2.26. The fraction of sp³-hybridized carbons (Fsp3) is 0.455. The lowest BCUT2D eigenvalue weighted by molar-refractivity contribution is -0.142. The van der Waals surface area contributed by atoms with E-state index in [2.05, 4.69) is 15.6 Å². The molecule has 2 aromatic rings. The first-order valence-corrected chi connectivity index (χ1v) is 10.3. The van der Waals surface area contributed by atoms with Crippen LogP contribution in [0, 0.1) is 6.92 Å². The molecule has 168 valence electrons. The van der Waals surface area contributed by atoms with Crippen LogP contribution in [0.4, 0.5) is 0 Å². The second kappa shape index (κ2) is 11.4. The fourth-order valence-electron chi connectivity index (χ4n) is 3.52. The van der Waals surface area contributed by atoms with Crippen molar-refractivity contribution in [1.82, 2.24) is 15.6 Å². The van der Waals surface area contributed by atoms with Crippen molar-refractivity contribution >= 4 is 28.7 Å². The molecule has 0 bridgehead atoms. The van der Waals surface area contributed by atoms with Crippen molar-refractivity contribution in [3.05, 3.63) is 41.1 Å². The molecule has 1 aromatic heterocycles. The van der Waals surface area contributed by atoms with Gasteiger partial charge in [-0.2, -0.15) is 0 Å². The minimum Gasteiger partial charge on any atom is -0.480 e. The van der Waals surface area contributed by atoms with Crippen LogP contribution in [0.1, 0.15) is 43.0 Å². The second-order valence-electron chi connectivity index (χ2n) is 7.54. The molecular weight excluding hydrogens is 400 g/mol. The highest BCUT2D eigenvalue weighted by atomic mass is 16.4. The highest BCUT2D eigenvalue weighted by Gasteiger charge is 2.26. The van der Waals surface area contributed by atoms with Gasteiger partial charge in [-0.3, -0.25) is 14.6 Å². The van der Waals surface area contributed by atoms with Crippen LogP contribution in [-0.4, -0.2) is 51.6 Å². The number of aliphatic hydroxyl groups is 1. The van der Waals surface area contributed by atoms with Gasteiger partial charge in [-0.05, 0) is 49.9 Å². The van der Waals surface area contributed by atoms with Crippen LogP contribution in [0.5, 0.6) is 0 Å². The number of nitrogens with zero attached hydrogens (tertiary/aromatic N) is 1. The molecule has 6 N–H and O–H groups in total. The molecule has 9 heteroatoms. The number of aliphatic carboxylic acids is 1. The molecule has 9 nitrogen and oxygen atoms in total. The molecule has 1 heterocycles. The van der Waals surface area contributed by atoms with Crippen molar-refractivity contribution in [3.8, 4) is 0 Å². The summed E-state index contributed by atoms with van der Waals surface area (Å²) in [5.74, 6) is -2.12. The Bertz CT molecular complexity index is 947. The van der Waals surface area contributed by atoms with Crippen LogP contribution in [-0.2, 0) is 27.4 Å². The first-order chi connectivity index (χ1) is 14.8. The lowest BCUT2D eigenvalue weighted by Gasteiger charge is -2.21. The number of carboxylic acid groups (broad SMARTS) is 1. The van der Waals surface area contributed by atoms with E-state index < -0.39 is 24.0 Å². The summed E-state index contributed by atoms with van der Waals surface area (Å²) in [6.07, 6.45) is 1.70. The molecule has 0 saturated carbocycles. The average Bonchev–Trinajstić information content (AvgIpc) is 2.71. The number of pyridine rings is 1. The van der Waals surface area contributed by atoms with E-state index in [1.54, 1.807) is 25.1 Å². The average molecular weight is 431 g/mol. The number of carbonyl (C=O) groups excluding carboxylic acids is 2. The van der Waals surface area contributed by atoms with E-state index in [4.69, 9.17) is 5.73 Å². The Kier molecular flexibility index (Phi) is 8.89. The number of carbonyl (C=O) groups is 3. The van der Waals surface area contributed by atoms with Crippen molar-refractivity contribution in [2.24, 2.45) is 5.73 Å². The summed E-state index contributed by atoms with van der Waals surface area (Å²) in [6, 6.07) is 5.08. The number of rotatable bonds is 11. The molecule has 31 heavy (non-hydrogen) atoms. The number of nitrogens with one attached hydrogen (secondary N) is 2. The van der Waals surface area contributed by atoms with Gasteiger partial charge in [-0.15, -0.1) is 0 Å². The maximum absolute atomic E-state index is 12.7. The van der Waals surface area contributed by atoms with E-state index in [9.17, 15) is 24.6 Å². The van der Waals surface area contributed by atoms with Gasteiger partial charge in [0, 0.05) is 24.4 Å². The van der Waals surface area contributed by atoms with E-state index >= 15 is 0 Å². The predicted octanol–water partition coefficient (Wildman–Crippen LogP) is 0.781. The Morgan fingerprint density at radius 3 is 2.48 bits per heavy atom. The predicted molar refractivity (Wildman–Crippen MR) is 116 cm³/mol. The Morgan fingerprint density at radius 2 is 1.87 bits per heavy atom. The molecule has 0 unspecified atom stereocenters. The zero-order valence-electron chi connectivity index (χ0n) is 17.9. The van der Waals surface area contributed by atoms with Crippen molar-refractivity contribution in [3.63, 3.8) is 0 Å². The summed E-state index contributed by atoms with van der Waals surface area (Å²) in [4.78, 5) is 40.6. The molecule has 0 aliphatic heterocycles. The van der Waals surface area contributed by atoms with E-state index in [-0.39, 0.29) is 18.9 Å². The summed E-state index contributed by atoms with van der Waals surface area (Å²) < 4.78 is 0. The monoisotopic (exact) mass is 430 g/mol. The summed E-state index contributed by atoms with van der Waals surface area (Å²) >= 11 is 0. The number of benzene rings is 1. The van der Waals surface area contributed by atoms with Crippen LogP contribution in [0.2, 0.25) is 0 Å². The van der Waals surface area contributed by atoms with E-state index in [0.717, 1.165) is 5.39 Å². The molecule has 0 aliphatic carbocycles. The zero-order chi connectivity index (χ0) is 23.0. The second-order valence-corrected chi connectivity index (χ2v) is 7.54. The minimum absolute atomic E-state index is 0.00925. The lowest BCUT2D eigenvalue weighted by atomic mass is 9.99. The maximum Gasteiger partial charge on any atom is 0.326 e. The summed E-state index contributed by atoms with van der Waals surface area (Å²) in [6.45, 7) is 3.41. The smallest absolute Gasteiger partial charge is 0.326 e. The zero-order valence-corrected chi connectivity index (χ0v) is 17.9. The molecular formula is C22H30N4O5. The number of carboxylic acids is 1. The Morgan fingerprint density at radius 1 is 1.13 bits per heavy atom. The van der Waals surface area contributed by atoms with Gasteiger partial charge in [0.05, 0.1) is 12.1 Å². The molecule has 0 radical (unpaired) electrons. The van der Waals surface area contributed by atoms with Crippen LogP contribution >= 0.6 is 0 Å². The minimum atomic E-state index is -1.20. The quantitative estimate of drug-likeness (QED) is 0.330. The van der Waals surface area contributed by atoms with Gasteiger partial charge in [0.2, 0.25) is 11.8 Å². The number of para-hydroxylation sites is 1. The number of aliphatic hydroxyl groups excluding tert-OH is 1. The molecule has 1 aromatic carbocycles. The Hall–Kier alpha value is -3.04. The number of fused-ring (bicyclic) bond motifs is 1. The number of aryl methyl sites for hydroxylation is 1. The van der Waals surface area contributed by atoms with Gasteiger partial charge in [0.15, 0.2) is 0 Å². The van der Waals surface area contributed by atoms with Crippen molar-refractivity contribution < 1.29 is 24.6 Å². The maximum atomic E-state index is 12.7. The Labute approximate surface area is 181 Å². The highest BCUT2D eigenvalue weighted by molar-refractivity contribution is 5.91. The number of nitrogens with two attached hydrogens (primary N) is 1. The van der Waals surface area contributed by atoms with E-state index in [1.807, 2.05) is 6.07 Å². The van der Waals surface area contributed by atoms with Gasteiger partial charge in [0.1, 0.15) is 12.1 Å². The molecule has 2 rings (SSSR count). The van der Waals surface area contributed by atoms with Gasteiger partial charge in [-0.25, -0.2) is 4.79 Å². The molecule has 0 saturated heterocycles. The molecule has 2 atom stereocenters. The van der Waals surface area contributed by atoms with Crippen LogP contribution in [0.15, 0.2) is 24.3 Å². The number of hydrogen-bond donors (Lipinski definition) is 5. The van der Waals surface area contributed by atoms with Gasteiger partial charge < -0.3 is 26.6 Å². The normalized spacial score (nSPS) is 12.9. The topological polar surface area (TPSA) is 155 Å². The number of amides is 2. The SMILES string of the molecule is CC(=O)N[C@@H](CCCCN)C(=O)N[C@@H](Cc1cccc2c(CO)cc(C)nc12)C(=O)O. The molecule has 0 aliphatic rings. The number of unbranched alkanes of at least 4 members (excludes halogenated alkanes) is 1. The van der Waals surface area contributed by atoms with Gasteiger partial charge in [0.25, 0.3) is 0 Å². The third-order valence-electron chi connectivity index (χ3n) is 4.99. The summed E-state index contributed by atoms with van der Waals surface area (Å²) in [5.41, 5.74) is 8.12. The van der Waals surface area contributed by atoms with Crippen LogP contribution in [0.25, 0.3) is 10.9 Å². The lowest BCUT2D eigenvalue weighted by Crippen LogP contribution is -2.51. The fourth-order valence-corrected chi connectivity index (χ4v) is 3.52. The molecule has 2 amide bonds. The highest BCUT2D eigenvalue weighted by Crippen LogP contribution is 2.23. The van der Waals surface area contributed by atoms with E-state index in [1.165, 1.54) is 6.92 Å². The van der Waals surface area contributed by atoms with Crippen LogP contribution in [0.3, 0.4) is 0 Å². The van der Waals surface area contributed by atoms with Crippen molar-refractivity contribution in [2.75, 3.05) is 6.54 Å².